The molecular formula is C7H10O3S. The molecular weight excluding hydrogens is 164 g/mol. The van der Waals surface area contributed by atoms with Crippen molar-refractivity contribution in [3.8, 4) is 0 Å². The minimum absolute atomic E-state index is 0.561. The molecule has 0 radical (unpaired) electrons. The van der Waals surface area contributed by atoms with Crippen molar-refractivity contribution in [2.75, 3.05) is 7.11 Å². The molecule has 0 aromatic heterocycles. The minimum Gasteiger partial charge on any atom is -0.501 e. The Morgan fingerprint density at radius 1 is 1.55 bits per heavy atom. The first kappa shape index (κ1) is 8.49. The van der Waals surface area contributed by atoms with Crippen LogP contribution in [0.25, 0.3) is 0 Å². The standard InChI is InChI=1S/C7H10O3S/c1-10-6-2-4-7(5-3-6)11(8)9/h2,4H,3,5H2,1H3,(H,8,9). The number of methoxy groups -OCH3 is 1. The zero-order valence-corrected chi connectivity index (χ0v) is 7.06. The molecule has 0 aliphatic heterocycles. The molecule has 0 amide bonds. The van der Waals surface area contributed by atoms with E-state index in [1.807, 2.05) is 0 Å². The first-order valence-corrected chi connectivity index (χ1v) is 4.39. The number of ether oxygens (including phenoxy) is 1. The third-order valence-electron chi connectivity index (χ3n) is 1.56. The summed E-state index contributed by atoms with van der Waals surface area (Å²) in [4.78, 5) is 0.561. The minimum atomic E-state index is -1.81. The lowest BCUT2D eigenvalue weighted by molar-refractivity contribution is 0.276. The Labute approximate surface area is 68.0 Å². The third-order valence-corrected chi connectivity index (χ3v) is 2.35. The number of hydrogen-bond donors (Lipinski definition) is 1. The van der Waals surface area contributed by atoms with Crippen LogP contribution >= 0.6 is 0 Å². The van der Waals surface area contributed by atoms with E-state index in [0.29, 0.717) is 17.7 Å². The van der Waals surface area contributed by atoms with Crippen LogP contribution in [0.4, 0.5) is 0 Å². The predicted octanol–water partition coefficient (Wildman–Crippen LogP) is 1.42. The van der Waals surface area contributed by atoms with E-state index in [4.69, 9.17) is 9.29 Å². The third kappa shape index (κ3) is 2.17. The maximum atomic E-state index is 10.5. The van der Waals surface area contributed by atoms with Gasteiger partial charge in [0.2, 0.25) is 0 Å². The Bertz CT molecular complexity index is 230. The Morgan fingerprint density at radius 2 is 2.27 bits per heavy atom. The van der Waals surface area contributed by atoms with Gasteiger partial charge in [0.1, 0.15) is 0 Å². The topological polar surface area (TPSA) is 46.5 Å². The summed E-state index contributed by atoms with van der Waals surface area (Å²) in [5.41, 5.74) is 0. The van der Waals surface area contributed by atoms with Gasteiger partial charge in [0.25, 0.3) is 0 Å². The quantitative estimate of drug-likeness (QED) is 0.644. The smallest absolute Gasteiger partial charge is 0.182 e. The molecule has 0 saturated heterocycles. The van der Waals surface area contributed by atoms with E-state index >= 15 is 0 Å². The molecule has 0 fully saturated rings. The van der Waals surface area contributed by atoms with Crippen LogP contribution < -0.4 is 0 Å². The van der Waals surface area contributed by atoms with Crippen LogP contribution in [-0.4, -0.2) is 15.9 Å². The maximum absolute atomic E-state index is 10.5. The summed E-state index contributed by atoms with van der Waals surface area (Å²) in [7, 11) is 1.60. The molecule has 0 aromatic rings. The molecule has 0 aromatic carbocycles. The molecule has 1 atom stereocenters. The highest BCUT2D eigenvalue weighted by atomic mass is 32.2. The average Bonchev–Trinajstić information content (AvgIpc) is 2.05. The summed E-state index contributed by atoms with van der Waals surface area (Å²) in [6.07, 6.45) is 4.70. The molecule has 3 nitrogen and oxygen atoms in total. The summed E-state index contributed by atoms with van der Waals surface area (Å²) in [5, 5.41) is 0. The van der Waals surface area contributed by atoms with Gasteiger partial charge in [0, 0.05) is 11.3 Å². The van der Waals surface area contributed by atoms with Crippen LogP contribution in [0.15, 0.2) is 22.8 Å². The Kier molecular flexibility index (Phi) is 2.84. The van der Waals surface area contributed by atoms with E-state index < -0.39 is 11.1 Å². The van der Waals surface area contributed by atoms with Crippen LogP contribution in [0.1, 0.15) is 12.8 Å². The van der Waals surface area contributed by atoms with Crippen LogP contribution in [0.2, 0.25) is 0 Å². The second-order valence-electron chi connectivity index (χ2n) is 2.22. The highest BCUT2D eigenvalue weighted by Crippen LogP contribution is 2.19. The summed E-state index contributed by atoms with van der Waals surface area (Å²) in [5.74, 6) is 0.860. The van der Waals surface area contributed by atoms with Gasteiger partial charge in [-0.1, -0.05) is 0 Å². The lowest BCUT2D eigenvalue weighted by atomic mass is 10.2. The fourth-order valence-electron chi connectivity index (χ4n) is 0.915. The van der Waals surface area contributed by atoms with Crippen molar-refractivity contribution in [1.29, 1.82) is 0 Å². The van der Waals surface area contributed by atoms with Gasteiger partial charge >= 0.3 is 0 Å². The van der Waals surface area contributed by atoms with Crippen molar-refractivity contribution >= 4 is 11.1 Å². The monoisotopic (exact) mass is 174 g/mol. The van der Waals surface area contributed by atoms with Crippen LogP contribution in [-0.2, 0) is 15.8 Å². The maximum Gasteiger partial charge on any atom is 0.182 e. The first-order chi connectivity index (χ1) is 5.24. The Balaban J connectivity index is 2.69. The van der Waals surface area contributed by atoms with Crippen molar-refractivity contribution in [2.24, 2.45) is 0 Å². The van der Waals surface area contributed by atoms with E-state index in [2.05, 4.69) is 0 Å². The number of allylic oxidation sites excluding steroid dienone is 4. The fourth-order valence-corrected chi connectivity index (χ4v) is 1.38. The van der Waals surface area contributed by atoms with Gasteiger partial charge in [-0.3, -0.25) is 0 Å². The zero-order valence-electron chi connectivity index (χ0n) is 6.24. The highest BCUT2D eigenvalue weighted by Gasteiger charge is 2.09. The largest absolute Gasteiger partial charge is 0.501 e. The molecule has 1 aliphatic rings. The van der Waals surface area contributed by atoms with Crippen molar-refractivity contribution in [3.05, 3.63) is 22.8 Å². The number of rotatable bonds is 2. The van der Waals surface area contributed by atoms with Crippen molar-refractivity contribution in [3.63, 3.8) is 0 Å². The second kappa shape index (κ2) is 3.69. The van der Waals surface area contributed by atoms with Gasteiger partial charge in [-0.25, -0.2) is 4.21 Å². The van der Waals surface area contributed by atoms with E-state index in [1.165, 1.54) is 0 Å². The molecule has 0 bridgehead atoms. The first-order valence-electron chi connectivity index (χ1n) is 3.28. The molecule has 0 heterocycles. The van der Waals surface area contributed by atoms with Gasteiger partial charge in [-0.15, -0.1) is 0 Å². The van der Waals surface area contributed by atoms with Gasteiger partial charge in [0.05, 0.1) is 12.9 Å². The van der Waals surface area contributed by atoms with E-state index in [1.54, 1.807) is 19.3 Å². The summed E-state index contributed by atoms with van der Waals surface area (Å²) >= 11 is -1.81. The molecule has 4 heteroatoms. The SMILES string of the molecule is COC1=CC=C(S(=O)O)CC1. The lowest BCUT2D eigenvalue weighted by Gasteiger charge is -2.10. The van der Waals surface area contributed by atoms with Crippen molar-refractivity contribution in [1.82, 2.24) is 0 Å². The molecule has 11 heavy (non-hydrogen) atoms. The highest BCUT2D eigenvalue weighted by molar-refractivity contribution is 7.83. The van der Waals surface area contributed by atoms with Gasteiger partial charge in [0.15, 0.2) is 11.1 Å². The molecule has 1 rings (SSSR count). The summed E-state index contributed by atoms with van der Waals surface area (Å²) < 4.78 is 24.1. The normalized spacial score (nSPS) is 20.2. The van der Waals surface area contributed by atoms with Crippen LogP contribution in [0.3, 0.4) is 0 Å². The molecule has 62 valence electrons. The van der Waals surface area contributed by atoms with Gasteiger partial charge in [-0.2, -0.15) is 0 Å². The predicted molar refractivity (Wildman–Crippen MR) is 43.2 cm³/mol. The van der Waals surface area contributed by atoms with Crippen molar-refractivity contribution in [2.45, 2.75) is 12.8 Å². The van der Waals surface area contributed by atoms with Gasteiger partial charge < -0.3 is 9.29 Å². The summed E-state index contributed by atoms with van der Waals surface area (Å²) in [6.45, 7) is 0. The van der Waals surface area contributed by atoms with Crippen LogP contribution in [0, 0.1) is 0 Å². The average molecular weight is 174 g/mol. The molecule has 1 unspecified atom stereocenters. The summed E-state index contributed by atoms with van der Waals surface area (Å²) in [6, 6.07) is 0. The number of hydrogen-bond acceptors (Lipinski definition) is 2. The molecule has 1 aliphatic carbocycles. The second-order valence-corrected chi connectivity index (χ2v) is 3.24. The van der Waals surface area contributed by atoms with Crippen LogP contribution in [0.5, 0.6) is 0 Å². The lowest BCUT2D eigenvalue weighted by Crippen LogP contribution is -1.99. The molecule has 1 N–H and O–H groups in total. The fraction of sp³-hybridized carbons (Fsp3) is 0.429. The van der Waals surface area contributed by atoms with E-state index in [9.17, 15) is 4.21 Å². The van der Waals surface area contributed by atoms with E-state index in [0.717, 1.165) is 5.76 Å². The Hall–Kier alpha value is -0.610. The van der Waals surface area contributed by atoms with Gasteiger partial charge in [-0.05, 0) is 18.6 Å². The molecule has 0 spiro atoms. The zero-order chi connectivity index (χ0) is 8.27. The molecule has 0 saturated carbocycles. The van der Waals surface area contributed by atoms with Crippen molar-refractivity contribution < 1.29 is 13.5 Å². The Morgan fingerprint density at radius 3 is 2.64 bits per heavy atom. The van der Waals surface area contributed by atoms with E-state index in [-0.39, 0.29) is 0 Å².